The molecule has 0 N–H and O–H groups in total. The van der Waals surface area contributed by atoms with E-state index in [4.69, 9.17) is 9.47 Å². The second-order valence-corrected chi connectivity index (χ2v) is 4.19. The van der Waals surface area contributed by atoms with Gasteiger partial charge in [0.25, 0.3) is 0 Å². The third-order valence-corrected chi connectivity index (χ3v) is 3.34. The van der Waals surface area contributed by atoms with Crippen molar-refractivity contribution in [3.8, 4) is 0 Å². The molecular weight excluding hydrogens is 168 g/mol. The lowest BCUT2D eigenvalue weighted by Crippen LogP contribution is -2.50. The smallest absolute Gasteiger partial charge is 0.180 e. The molecule has 1 saturated heterocycles. The van der Waals surface area contributed by atoms with Gasteiger partial charge in [-0.05, 0) is 19.8 Å². The summed E-state index contributed by atoms with van der Waals surface area (Å²) in [6.45, 7) is 3.21. The number of hydrogen-bond acceptors (Lipinski definition) is 3. The van der Waals surface area contributed by atoms with Crippen molar-refractivity contribution in [1.29, 1.82) is 0 Å². The SMILES string of the molecule is C[C@]1(C=O)CCCCC12OCCO2. The minimum absolute atomic E-state index is 0.429. The fraction of sp³-hybridized carbons (Fsp3) is 0.900. The summed E-state index contributed by atoms with van der Waals surface area (Å²) in [5.41, 5.74) is -0.429. The molecule has 1 atom stereocenters. The third-order valence-electron chi connectivity index (χ3n) is 3.34. The van der Waals surface area contributed by atoms with Crippen LogP contribution in [0.15, 0.2) is 0 Å². The van der Waals surface area contributed by atoms with Crippen molar-refractivity contribution in [3.63, 3.8) is 0 Å². The highest BCUT2D eigenvalue weighted by Crippen LogP contribution is 2.47. The molecule has 1 spiro atoms. The van der Waals surface area contributed by atoms with Gasteiger partial charge in [0.2, 0.25) is 0 Å². The molecule has 0 aromatic heterocycles. The number of hydrogen-bond donors (Lipinski definition) is 0. The van der Waals surface area contributed by atoms with E-state index in [-0.39, 0.29) is 0 Å². The Morgan fingerprint density at radius 1 is 1.15 bits per heavy atom. The highest BCUT2D eigenvalue weighted by Gasteiger charge is 2.54. The van der Waals surface area contributed by atoms with Crippen LogP contribution in [0, 0.1) is 5.41 Å². The molecule has 1 saturated carbocycles. The van der Waals surface area contributed by atoms with Crippen molar-refractivity contribution < 1.29 is 14.3 Å². The normalized spacial score (nSPS) is 37.9. The summed E-state index contributed by atoms with van der Waals surface area (Å²) in [6.07, 6.45) is 4.96. The minimum atomic E-state index is -0.590. The van der Waals surface area contributed by atoms with Crippen LogP contribution in [0.1, 0.15) is 32.6 Å². The first-order valence-electron chi connectivity index (χ1n) is 4.97. The van der Waals surface area contributed by atoms with E-state index >= 15 is 0 Å². The lowest BCUT2D eigenvalue weighted by molar-refractivity contribution is -0.239. The molecule has 3 heteroatoms. The molecule has 1 heterocycles. The fourth-order valence-electron chi connectivity index (χ4n) is 2.40. The van der Waals surface area contributed by atoms with Crippen LogP contribution in [0.2, 0.25) is 0 Å². The van der Waals surface area contributed by atoms with Crippen LogP contribution >= 0.6 is 0 Å². The van der Waals surface area contributed by atoms with Crippen molar-refractivity contribution in [1.82, 2.24) is 0 Å². The maximum absolute atomic E-state index is 11.1. The second-order valence-electron chi connectivity index (χ2n) is 4.19. The summed E-state index contributed by atoms with van der Waals surface area (Å²) < 4.78 is 11.3. The maximum Gasteiger partial charge on any atom is 0.180 e. The second kappa shape index (κ2) is 3.07. The number of ether oxygens (including phenoxy) is 2. The van der Waals surface area contributed by atoms with E-state index in [0.29, 0.717) is 13.2 Å². The topological polar surface area (TPSA) is 35.5 Å². The molecule has 1 aliphatic carbocycles. The molecule has 0 aromatic carbocycles. The monoisotopic (exact) mass is 184 g/mol. The zero-order valence-corrected chi connectivity index (χ0v) is 8.04. The molecule has 2 fully saturated rings. The van der Waals surface area contributed by atoms with Gasteiger partial charge < -0.3 is 14.3 Å². The summed E-state index contributed by atoms with van der Waals surface area (Å²) in [5.74, 6) is -0.590. The predicted molar refractivity (Wildman–Crippen MR) is 47.3 cm³/mol. The standard InChI is InChI=1S/C10H16O3/c1-9(8-11)4-2-3-5-10(9)12-6-7-13-10/h8H,2-7H2,1H3/t9-/m1/s1. The van der Waals surface area contributed by atoms with E-state index < -0.39 is 11.2 Å². The van der Waals surface area contributed by atoms with Crippen LogP contribution in [0.3, 0.4) is 0 Å². The zero-order valence-electron chi connectivity index (χ0n) is 8.04. The molecule has 0 radical (unpaired) electrons. The molecule has 0 unspecified atom stereocenters. The maximum atomic E-state index is 11.1. The summed E-state index contributed by atoms with van der Waals surface area (Å²) in [5, 5.41) is 0. The Hall–Kier alpha value is -0.410. The zero-order chi connectivity index (χ0) is 9.36. The van der Waals surface area contributed by atoms with Gasteiger partial charge in [-0.15, -0.1) is 0 Å². The van der Waals surface area contributed by atoms with E-state index in [9.17, 15) is 4.79 Å². The van der Waals surface area contributed by atoms with Crippen molar-refractivity contribution >= 4 is 6.29 Å². The van der Waals surface area contributed by atoms with E-state index in [1.807, 2.05) is 6.92 Å². The van der Waals surface area contributed by atoms with Crippen molar-refractivity contribution in [3.05, 3.63) is 0 Å². The molecule has 2 rings (SSSR count). The Morgan fingerprint density at radius 3 is 2.38 bits per heavy atom. The number of aldehydes is 1. The van der Waals surface area contributed by atoms with Crippen LogP contribution in [-0.2, 0) is 14.3 Å². The molecule has 0 aromatic rings. The quantitative estimate of drug-likeness (QED) is 0.579. The van der Waals surface area contributed by atoms with Gasteiger partial charge in [-0.1, -0.05) is 6.42 Å². The van der Waals surface area contributed by atoms with Crippen molar-refractivity contribution in [2.24, 2.45) is 5.41 Å². The van der Waals surface area contributed by atoms with Crippen molar-refractivity contribution in [2.75, 3.05) is 13.2 Å². The molecule has 1 aliphatic heterocycles. The lowest BCUT2D eigenvalue weighted by Gasteiger charge is -2.44. The molecule has 74 valence electrons. The molecule has 13 heavy (non-hydrogen) atoms. The van der Waals surface area contributed by atoms with E-state index in [2.05, 4.69) is 0 Å². The predicted octanol–water partition coefficient (Wildman–Crippen LogP) is 1.51. The fourth-order valence-corrected chi connectivity index (χ4v) is 2.40. The van der Waals surface area contributed by atoms with Gasteiger partial charge in [-0.2, -0.15) is 0 Å². The Labute approximate surface area is 78.4 Å². The van der Waals surface area contributed by atoms with Crippen molar-refractivity contribution in [2.45, 2.75) is 38.4 Å². The van der Waals surface area contributed by atoms with Gasteiger partial charge in [0.15, 0.2) is 5.79 Å². The van der Waals surface area contributed by atoms with Crippen LogP contribution in [0.25, 0.3) is 0 Å². The Kier molecular flexibility index (Phi) is 2.16. The Balaban J connectivity index is 2.26. The molecule has 0 bridgehead atoms. The van der Waals surface area contributed by atoms with Gasteiger partial charge in [0.1, 0.15) is 6.29 Å². The Morgan fingerprint density at radius 2 is 1.77 bits per heavy atom. The van der Waals surface area contributed by atoms with Crippen LogP contribution in [0.5, 0.6) is 0 Å². The lowest BCUT2D eigenvalue weighted by atomic mass is 9.71. The molecule has 0 amide bonds. The highest BCUT2D eigenvalue weighted by molar-refractivity contribution is 5.61. The summed E-state index contributed by atoms with van der Waals surface area (Å²) in [6, 6.07) is 0. The van der Waals surface area contributed by atoms with Crippen LogP contribution < -0.4 is 0 Å². The highest BCUT2D eigenvalue weighted by atomic mass is 16.7. The van der Waals surface area contributed by atoms with Gasteiger partial charge in [-0.25, -0.2) is 0 Å². The average Bonchev–Trinajstić information content (AvgIpc) is 2.61. The first kappa shape index (κ1) is 9.16. The minimum Gasteiger partial charge on any atom is -0.347 e. The number of carbonyl (C=O) groups excluding carboxylic acids is 1. The van der Waals surface area contributed by atoms with E-state index in [0.717, 1.165) is 32.0 Å². The van der Waals surface area contributed by atoms with Crippen LogP contribution in [-0.4, -0.2) is 25.3 Å². The first-order valence-corrected chi connectivity index (χ1v) is 4.97. The summed E-state index contributed by atoms with van der Waals surface area (Å²) in [7, 11) is 0. The molecule has 2 aliphatic rings. The molecular formula is C10H16O3. The summed E-state index contributed by atoms with van der Waals surface area (Å²) in [4.78, 5) is 11.1. The number of rotatable bonds is 1. The van der Waals surface area contributed by atoms with Crippen LogP contribution in [0.4, 0.5) is 0 Å². The van der Waals surface area contributed by atoms with Gasteiger partial charge in [0.05, 0.1) is 18.6 Å². The molecule has 3 nitrogen and oxygen atoms in total. The largest absolute Gasteiger partial charge is 0.347 e. The Bertz CT molecular complexity index is 208. The first-order chi connectivity index (χ1) is 6.22. The number of carbonyl (C=O) groups is 1. The van der Waals surface area contributed by atoms with Gasteiger partial charge >= 0.3 is 0 Å². The van der Waals surface area contributed by atoms with E-state index in [1.165, 1.54) is 0 Å². The summed E-state index contributed by atoms with van der Waals surface area (Å²) >= 11 is 0. The van der Waals surface area contributed by atoms with E-state index in [1.54, 1.807) is 0 Å². The van der Waals surface area contributed by atoms with Gasteiger partial charge in [-0.3, -0.25) is 0 Å². The van der Waals surface area contributed by atoms with Gasteiger partial charge in [0, 0.05) is 6.42 Å². The third kappa shape index (κ3) is 1.22. The average molecular weight is 184 g/mol.